The van der Waals surface area contributed by atoms with Crippen molar-refractivity contribution in [1.82, 2.24) is 0 Å². The highest BCUT2D eigenvalue weighted by molar-refractivity contribution is 5.87. The number of ether oxygens (including phenoxy) is 5. The van der Waals surface area contributed by atoms with Gasteiger partial charge in [-0.3, -0.25) is 0 Å². The Labute approximate surface area is 113 Å². The summed E-state index contributed by atoms with van der Waals surface area (Å²) in [7, 11) is 2.85. The fourth-order valence-electron chi connectivity index (χ4n) is 1.82. The first-order chi connectivity index (χ1) is 8.89. The number of carbonyl (C=O) groups is 1. The van der Waals surface area contributed by atoms with E-state index in [9.17, 15) is 4.79 Å². The van der Waals surface area contributed by atoms with E-state index in [2.05, 4.69) is 11.3 Å². The maximum Gasteiger partial charge on any atom is 0.333 e. The Kier molecular flexibility index (Phi) is 5.93. The zero-order chi connectivity index (χ0) is 14.5. The normalized spacial score (nSPS) is 23.1. The highest BCUT2D eigenvalue weighted by atomic mass is 16.8. The summed E-state index contributed by atoms with van der Waals surface area (Å²) < 4.78 is 26.3. The quantitative estimate of drug-likeness (QED) is 0.395. The Hall–Kier alpha value is -0.950. The molecular weight excluding hydrogens is 252 g/mol. The smallest absolute Gasteiger partial charge is 0.333 e. The first-order valence-electron chi connectivity index (χ1n) is 6.08. The fraction of sp³-hybridized carbons (Fsp3) is 0.769. The highest BCUT2D eigenvalue weighted by Crippen LogP contribution is 2.27. The summed E-state index contributed by atoms with van der Waals surface area (Å²) in [5.74, 6) is -1.10. The van der Waals surface area contributed by atoms with Crippen LogP contribution in [0.15, 0.2) is 12.2 Å². The van der Waals surface area contributed by atoms with Gasteiger partial charge in [0.2, 0.25) is 0 Å². The first kappa shape index (κ1) is 16.1. The molecule has 0 bridgehead atoms. The lowest BCUT2D eigenvalue weighted by molar-refractivity contribution is -0.169. The molecule has 1 aliphatic rings. The Morgan fingerprint density at radius 1 is 1.47 bits per heavy atom. The van der Waals surface area contributed by atoms with Crippen LogP contribution in [0.4, 0.5) is 0 Å². The lowest BCUT2D eigenvalue weighted by Gasteiger charge is -2.24. The van der Waals surface area contributed by atoms with Crippen molar-refractivity contribution in [1.29, 1.82) is 0 Å². The van der Waals surface area contributed by atoms with Gasteiger partial charge < -0.3 is 23.7 Å². The molecule has 0 unspecified atom stereocenters. The predicted octanol–water partition coefficient (Wildman–Crippen LogP) is 1.25. The largest absolute Gasteiger partial charge is 0.466 e. The van der Waals surface area contributed by atoms with Crippen molar-refractivity contribution < 1.29 is 28.5 Å². The zero-order valence-corrected chi connectivity index (χ0v) is 11.9. The highest BCUT2D eigenvalue weighted by Gasteiger charge is 2.38. The van der Waals surface area contributed by atoms with Crippen molar-refractivity contribution in [2.24, 2.45) is 0 Å². The van der Waals surface area contributed by atoms with Gasteiger partial charge in [0.25, 0.3) is 0 Å². The fourth-order valence-corrected chi connectivity index (χ4v) is 1.82. The average molecular weight is 274 g/mol. The van der Waals surface area contributed by atoms with E-state index < -0.39 is 11.8 Å². The van der Waals surface area contributed by atoms with Crippen LogP contribution in [0.25, 0.3) is 0 Å². The van der Waals surface area contributed by atoms with Gasteiger partial charge in [0.05, 0.1) is 19.8 Å². The predicted molar refractivity (Wildman–Crippen MR) is 67.4 cm³/mol. The average Bonchev–Trinajstić information content (AvgIpc) is 2.73. The molecule has 0 radical (unpaired) electrons. The third-order valence-electron chi connectivity index (χ3n) is 2.77. The van der Waals surface area contributed by atoms with Gasteiger partial charge in [-0.2, -0.15) is 0 Å². The molecule has 6 nitrogen and oxygen atoms in total. The van der Waals surface area contributed by atoms with Crippen LogP contribution < -0.4 is 0 Å². The number of methoxy groups -OCH3 is 2. The second kappa shape index (κ2) is 7.00. The molecule has 0 aromatic rings. The first-order valence-corrected chi connectivity index (χ1v) is 6.08. The summed E-state index contributed by atoms with van der Waals surface area (Å²) in [5.41, 5.74) is 0.330. The molecule has 1 saturated heterocycles. The molecule has 1 fully saturated rings. The Balaban J connectivity index is 2.62. The molecular formula is C13H22O6. The summed E-state index contributed by atoms with van der Waals surface area (Å²) >= 11 is 0. The van der Waals surface area contributed by atoms with E-state index in [1.165, 1.54) is 14.2 Å². The van der Waals surface area contributed by atoms with E-state index in [1.807, 2.05) is 13.8 Å². The summed E-state index contributed by atoms with van der Waals surface area (Å²) in [6.45, 7) is 7.86. The summed E-state index contributed by atoms with van der Waals surface area (Å²) in [6, 6.07) is 0. The van der Waals surface area contributed by atoms with Gasteiger partial charge in [0.1, 0.15) is 12.9 Å². The van der Waals surface area contributed by atoms with E-state index >= 15 is 0 Å². The lowest BCUT2D eigenvalue weighted by atomic mass is 10.1. The van der Waals surface area contributed by atoms with Crippen LogP contribution in [0, 0.1) is 0 Å². The van der Waals surface area contributed by atoms with Gasteiger partial charge in [-0.05, 0) is 13.8 Å². The standard InChI is InChI=1S/C13H22O6/c1-9(12(14)16-5)6-10(17-8-15-4)11-7-18-13(2,3)19-11/h10-11H,1,6-8H2,2-5H3/t10-,11-/m1/s1. The molecule has 0 aliphatic carbocycles. The third-order valence-corrected chi connectivity index (χ3v) is 2.77. The summed E-state index contributed by atoms with van der Waals surface area (Å²) in [5, 5.41) is 0. The van der Waals surface area contributed by atoms with Crippen molar-refractivity contribution in [2.75, 3.05) is 27.6 Å². The second-order valence-electron chi connectivity index (χ2n) is 4.78. The van der Waals surface area contributed by atoms with E-state index in [4.69, 9.17) is 18.9 Å². The van der Waals surface area contributed by atoms with Crippen molar-refractivity contribution in [3.05, 3.63) is 12.2 Å². The van der Waals surface area contributed by atoms with Crippen molar-refractivity contribution in [3.8, 4) is 0 Å². The minimum absolute atomic E-state index is 0.111. The van der Waals surface area contributed by atoms with Crippen LogP contribution in [-0.4, -0.2) is 51.6 Å². The second-order valence-corrected chi connectivity index (χ2v) is 4.78. The van der Waals surface area contributed by atoms with E-state index in [0.717, 1.165) is 0 Å². The van der Waals surface area contributed by atoms with Crippen LogP contribution in [0.3, 0.4) is 0 Å². The molecule has 0 aromatic heterocycles. The number of hydrogen-bond donors (Lipinski definition) is 0. The van der Waals surface area contributed by atoms with Gasteiger partial charge in [-0.1, -0.05) is 6.58 Å². The van der Waals surface area contributed by atoms with Crippen molar-refractivity contribution in [3.63, 3.8) is 0 Å². The topological polar surface area (TPSA) is 63.2 Å². The molecule has 0 N–H and O–H groups in total. The third kappa shape index (κ3) is 4.91. The minimum atomic E-state index is -0.647. The maximum atomic E-state index is 11.4. The van der Waals surface area contributed by atoms with Gasteiger partial charge in [0.15, 0.2) is 5.79 Å². The molecule has 0 saturated carbocycles. The van der Waals surface area contributed by atoms with Gasteiger partial charge >= 0.3 is 5.97 Å². The number of esters is 1. The van der Waals surface area contributed by atoms with E-state index in [-0.39, 0.29) is 19.0 Å². The monoisotopic (exact) mass is 274 g/mol. The van der Waals surface area contributed by atoms with E-state index in [0.29, 0.717) is 18.6 Å². The van der Waals surface area contributed by atoms with Crippen LogP contribution >= 0.6 is 0 Å². The van der Waals surface area contributed by atoms with Crippen LogP contribution in [0.5, 0.6) is 0 Å². The minimum Gasteiger partial charge on any atom is -0.466 e. The van der Waals surface area contributed by atoms with Gasteiger partial charge in [-0.15, -0.1) is 0 Å². The molecule has 1 heterocycles. The molecule has 1 rings (SSSR count). The summed E-state index contributed by atoms with van der Waals surface area (Å²) in [4.78, 5) is 11.4. The summed E-state index contributed by atoms with van der Waals surface area (Å²) in [6.07, 6.45) is -0.333. The van der Waals surface area contributed by atoms with Gasteiger partial charge in [0, 0.05) is 19.1 Å². The molecule has 2 atom stereocenters. The molecule has 19 heavy (non-hydrogen) atoms. The van der Waals surface area contributed by atoms with Crippen LogP contribution in [0.1, 0.15) is 20.3 Å². The Morgan fingerprint density at radius 2 is 2.16 bits per heavy atom. The number of rotatable bonds is 7. The molecule has 0 spiro atoms. The van der Waals surface area contributed by atoms with Gasteiger partial charge in [-0.25, -0.2) is 4.79 Å². The molecule has 1 aliphatic heterocycles. The Morgan fingerprint density at radius 3 is 2.63 bits per heavy atom. The molecule has 0 aromatic carbocycles. The number of carbonyl (C=O) groups excluding carboxylic acids is 1. The van der Waals surface area contributed by atoms with Crippen LogP contribution in [0.2, 0.25) is 0 Å². The maximum absolute atomic E-state index is 11.4. The molecule has 0 amide bonds. The zero-order valence-electron chi connectivity index (χ0n) is 11.9. The SMILES string of the molecule is C=C(C[C@@H](OCOC)[C@H]1COC(C)(C)O1)C(=O)OC. The Bertz CT molecular complexity index is 325. The molecule has 6 heteroatoms. The lowest BCUT2D eigenvalue weighted by Crippen LogP contribution is -2.34. The van der Waals surface area contributed by atoms with Crippen molar-refractivity contribution >= 4 is 5.97 Å². The van der Waals surface area contributed by atoms with Crippen LogP contribution in [-0.2, 0) is 28.5 Å². The molecule has 110 valence electrons. The van der Waals surface area contributed by atoms with Crippen molar-refractivity contribution in [2.45, 2.75) is 38.3 Å². The van der Waals surface area contributed by atoms with E-state index in [1.54, 1.807) is 0 Å². The number of hydrogen-bond acceptors (Lipinski definition) is 6.